The molecule has 0 aromatic carbocycles. The first-order valence-corrected chi connectivity index (χ1v) is 8.47. The van der Waals surface area contributed by atoms with E-state index >= 15 is 0 Å². The van der Waals surface area contributed by atoms with Gasteiger partial charge in [-0.1, -0.05) is 5.57 Å². The van der Waals surface area contributed by atoms with E-state index in [2.05, 4.69) is 21.5 Å². The Morgan fingerprint density at radius 1 is 1.46 bits per heavy atom. The monoisotopic (exact) mass is 379 g/mol. The van der Waals surface area contributed by atoms with Gasteiger partial charge in [-0.3, -0.25) is 4.57 Å². The SMILES string of the molecule is C=C(C)CC[C@@]1(n2cnc3c(N)nc(C)nc32)O[C@H](C(O)=S)[C@@H](O)[C@H]1O. The molecule has 5 N–H and O–H groups in total. The number of aliphatic hydroxyl groups is 3. The molecule has 3 rings (SSSR count). The molecular weight excluding hydrogens is 358 g/mol. The van der Waals surface area contributed by atoms with Crippen molar-refractivity contribution in [3.8, 4) is 0 Å². The van der Waals surface area contributed by atoms with Gasteiger partial charge in [0.25, 0.3) is 0 Å². The summed E-state index contributed by atoms with van der Waals surface area (Å²) in [5.41, 5.74) is 6.04. The predicted molar refractivity (Wildman–Crippen MR) is 98.6 cm³/mol. The molecule has 0 aliphatic carbocycles. The van der Waals surface area contributed by atoms with Crippen molar-refractivity contribution in [1.82, 2.24) is 19.5 Å². The maximum absolute atomic E-state index is 10.8. The third-order valence-electron chi connectivity index (χ3n) is 4.52. The smallest absolute Gasteiger partial charge is 0.189 e. The lowest BCUT2D eigenvalue weighted by Gasteiger charge is -2.34. The average molecular weight is 379 g/mol. The fourth-order valence-corrected chi connectivity index (χ4v) is 3.41. The lowest BCUT2D eigenvalue weighted by atomic mass is 9.95. The maximum atomic E-state index is 10.8. The highest BCUT2D eigenvalue weighted by molar-refractivity contribution is 7.80. The standard InChI is InChI=1S/C16H21N5O4S/c1-7(2)4-5-16(12(23)10(22)11(25-16)15(24)26)21-6-18-9-13(17)19-8(3)20-14(9)21/h6,10-12,22-23H,1,4-5H2,2-3H3,(H,24,26)(H2,17,19,20)/t10-,11+,12-,16-/m1/s1. The Labute approximate surface area is 155 Å². The highest BCUT2D eigenvalue weighted by atomic mass is 32.1. The van der Waals surface area contributed by atoms with Crippen molar-refractivity contribution >= 4 is 34.3 Å². The lowest BCUT2D eigenvalue weighted by Crippen LogP contribution is -2.45. The Morgan fingerprint density at radius 2 is 2.15 bits per heavy atom. The summed E-state index contributed by atoms with van der Waals surface area (Å²) in [6.45, 7) is 7.40. The minimum atomic E-state index is -1.45. The van der Waals surface area contributed by atoms with Crippen LogP contribution in [-0.2, 0) is 10.5 Å². The van der Waals surface area contributed by atoms with Crippen LogP contribution in [0.5, 0.6) is 0 Å². The maximum Gasteiger partial charge on any atom is 0.189 e. The second-order valence-corrected chi connectivity index (χ2v) is 6.98. The lowest BCUT2D eigenvalue weighted by molar-refractivity contribution is -0.135. The normalized spacial score (nSPS) is 28.5. The molecule has 26 heavy (non-hydrogen) atoms. The number of nitrogens with two attached hydrogens (primary N) is 1. The number of hydrogen-bond donors (Lipinski definition) is 4. The molecule has 1 aliphatic rings. The molecule has 10 heteroatoms. The molecule has 0 unspecified atom stereocenters. The Bertz CT molecular complexity index is 885. The largest absolute Gasteiger partial charge is 0.500 e. The minimum absolute atomic E-state index is 0.198. The van der Waals surface area contributed by atoms with Gasteiger partial charge in [0, 0.05) is 6.42 Å². The highest BCUT2D eigenvalue weighted by Crippen LogP contribution is 2.42. The van der Waals surface area contributed by atoms with Crippen molar-refractivity contribution in [3.05, 3.63) is 24.3 Å². The van der Waals surface area contributed by atoms with Crippen molar-refractivity contribution in [2.75, 3.05) is 5.73 Å². The van der Waals surface area contributed by atoms with Gasteiger partial charge in [0.1, 0.15) is 23.5 Å². The number of anilines is 1. The summed E-state index contributed by atoms with van der Waals surface area (Å²) in [4.78, 5) is 12.7. The van der Waals surface area contributed by atoms with E-state index in [0.29, 0.717) is 23.4 Å². The number of hydrogen-bond acceptors (Lipinski definition) is 8. The second-order valence-electron chi connectivity index (χ2n) is 6.56. The molecule has 0 amide bonds. The number of aromatic nitrogens is 4. The van der Waals surface area contributed by atoms with Gasteiger partial charge in [-0.05, 0) is 32.5 Å². The third kappa shape index (κ3) is 2.84. The number of ether oxygens (including phenoxy) is 1. The molecule has 1 fully saturated rings. The van der Waals surface area contributed by atoms with Gasteiger partial charge in [-0.2, -0.15) is 0 Å². The summed E-state index contributed by atoms with van der Waals surface area (Å²) < 4.78 is 7.42. The first-order chi connectivity index (χ1) is 12.2. The number of allylic oxidation sites excluding steroid dienone is 1. The molecular formula is C16H21N5O4S. The van der Waals surface area contributed by atoms with Crippen molar-refractivity contribution in [3.63, 3.8) is 0 Å². The van der Waals surface area contributed by atoms with Crippen LogP contribution in [0, 0.1) is 6.92 Å². The first kappa shape index (κ1) is 18.6. The van der Waals surface area contributed by atoms with Crippen LogP contribution in [0.2, 0.25) is 0 Å². The zero-order valence-electron chi connectivity index (χ0n) is 14.5. The molecule has 0 radical (unpaired) electrons. The van der Waals surface area contributed by atoms with Crippen LogP contribution >= 0.6 is 12.2 Å². The van der Waals surface area contributed by atoms with Crippen molar-refractivity contribution < 1.29 is 20.1 Å². The third-order valence-corrected chi connectivity index (χ3v) is 4.76. The number of fused-ring (bicyclic) bond motifs is 1. The van der Waals surface area contributed by atoms with E-state index in [1.54, 1.807) is 6.92 Å². The number of aryl methyl sites for hydroxylation is 1. The quantitative estimate of drug-likeness (QED) is 0.437. The van der Waals surface area contributed by atoms with Crippen LogP contribution in [0.4, 0.5) is 5.82 Å². The summed E-state index contributed by atoms with van der Waals surface area (Å²) in [7, 11) is 0. The summed E-state index contributed by atoms with van der Waals surface area (Å²) in [5.74, 6) is 0.623. The van der Waals surface area contributed by atoms with Crippen LogP contribution in [-0.4, -0.2) is 58.2 Å². The summed E-state index contributed by atoms with van der Waals surface area (Å²) in [6, 6.07) is 0. The van der Waals surface area contributed by atoms with E-state index in [4.69, 9.17) is 22.7 Å². The average Bonchev–Trinajstić information content (AvgIpc) is 3.08. The van der Waals surface area contributed by atoms with Gasteiger partial charge in [0.05, 0.1) is 6.33 Å². The molecule has 2 aromatic rings. The molecule has 4 atom stereocenters. The second kappa shape index (κ2) is 6.54. The van der Waals surface area contributed by atoms with Crippen molar-refractivity contribution in [2.45, 2.75) is 50.7 Å². The molecule has 9 nitrogen and oxygen atoms in total. The van der Waals surface area contributed by atoms with E-state index in [-0.39, 0.29) is 12.2 Å². The Hall–Kier alpha value is -2.14. The van der Waals surface area contributed by atoms with E-state index in [0.717, 1.165) is 5.57 Å². The number of nitrogen functional groups attached to an aromatic ring is 1. The molecule has 2 aromatic heterocycles. The molecule has 0 bridgehead atoms. The Morgan fingerprint density at radius 3 is 2.73 bits per heavy atom. The van der Waals surface area contributed by atoms with Gasteiger partial charge in [-0.25, -0.2) is 15.0 Å². The fourth-order valence-electron chi connectivity index (χ4n) is 3.22. The van der Waals surface area contributed by atoms with E-state index in [1.165, 1.54) is 10.9 Å². The highest BCUT2D eigenvalue weighted by Gasteiger charge is 2.57. The van der Waals surface area contributed by atoms with Gasteiger partial charge in [-0.15, -0.1) is 6.58 Å². The number of imidazole rings is 1. The van der Waals surface area contributed by atoms with Gasteiger partial charge in [0.15, 0.2) is 28.3 Å². The zero-order chi connectivity index (χ0) is 19.2. The summed E-state index contributed by atoms with van der Waals surface area (Å²) in [6.07, 6.45) is -1.84. The van der Waals surface area contributed by atoms with Crippen LogP contribution < -0.4 is 5.73 Å². The van der Waals surface area contributed by atoms with Gasteiger partial charge < -0.3 is 25.8 Å². The van der Waals surface area contributed by atoms with E-state index in [9.17, 15) is 15.3 Å². The Balaban J connectivity index is 2.20. The number of thiocarbonyl (C=S) groups is 1. The predicted octanol–water partition coefficient (Wildman–Crippen LogP) is 0.732. The number of nitrogens with zero attached hydrogens (tertiary/aromatic N) is 4. The molecule has 1 aliphatic heterocycles. The minimum Gasteiger partial charge on any atom is -0.500 e. The van der Waals surface area contributed by atoms with Gasteiger partial charge >= 0.3 is 0 Å². The Kier molecular flexibility index (Phi) is 4.69. The topological polar surface area (TPSA) is 140 Å². The van der Waals surface area contributed by atoms with E-state index in [1.807, 2.05) is 6.92 Å². The van der Waals surface area contributed by atoms with Crippen LogP contribution in [0.3, 0.4) is 0 Å². The molecule has 1 saturated heterocycles. The first-order valence-electron chi connectivity index (χ1n) is 8.06. The molecule has 0 saturated carbocycles. The molecule has 140 valence electrons. The van der Waals surface area contributed by atoms with E-state index < -0.39 is 29.1 Å². The zero-order valence-corrected chi connectivity index (χ0v) is 15.3. The van der Waals surface area contributed by atoms with Crippen LogP contribution in [0.15, 0.2) is 18.5 Å². The molecule has 3 heterocycles. The van der Waals surface area contributed by atoms with Crippen LogP contribution in [0.25, 0.3) is 11.2 Å². The summed E-state index contributed by atoms with van der Waals surface area (Å²) >= 11 is 4.76. The number of aliphatic hydroxyl groups excluding tert-OH is 3. The van der Waals surface area contributed by atoms with Crippen molar-refractivity contribution in [1.29, 1.82) is 0 Å². The van der Waals surface area contributed by atoms with Gasteiger partial charge in [0.2, 0.25) is 0 Å². The summed E-state index contributed by atoms with van der Waals surface area (Å²) in [5, 5.41) is 30.3. The fraction of sp³-hybridized carbons (Fsp3) is 0.500. The van der Waals surface area contributed by atoms with Crippen molar-refractivity contribution in [2.24, 2.45) is 0 Å². The van der Waals surface area contributed by atoms with Crippen LogP contribution in [0.1, 0.15) is 25.6 Å². The number of rotatable bonds is 5. The molecule has 0 spiro atoms.